The zero-order valence-electron chi connectivity index (χ0n) is 12.5. The number of para-hydroxylation sites is 1. The van der Waals surface area contributed by atoms with E-state index in [1.54, 1.807) is 25.3 Å². The van der Waals surface area contributed by atoms with Crippen molar-refractivity contribution in [1.82, 2.24) is 4.90 Å². The summed E-state index contributed by atoms with van der Waals surface area (Å²) in [6.45, 7) is 3.26. The number of amides is 1. The van der Waals surface area contributed by atoms with Crippen molar-refractivity contribution in [1.29, 1.82) is 5.26 Å². The Morgan fingerprint density at radius 1 is 1.52 bits per heavy atom. The first kappa shape index (κ1) is 15.5. The molecule has 5 heteroatoms. The summed E-state index contributed by atoms with van der Waals surface area (Å²) >= 11 is 0. The Hall–Kier alpha value is -1.90. The molecule has 1 fully saturated rings. The third kappa shape index (κ3) is 4.03. The van der Waals surface area contributed by atoms with E-state index < -0.39 is 0 Å². The molecule has 0 saturated heterocycles. The van der Waals surface area contributed by atoms with Gasteiger partial charge in [0.05, 0.1) is 23.9 Å². The van der Waals surface area contributed by atoms with Crippen molar-refractivity contribution in [2.45, 2.75) is 31.8 Å². The zero-order chi connectivity index (χ0) is 15.2. The molecule has 1 saturated carbocycles. The van der Waals surface area contributed by atoms with Gasteiger partial charge in [0, 0.05) is 19.7 Å². The molecule has 2 rings (SSSR count). The lowest BCUT2D eigenvalue weighted by atomic mass is 10.1. The van der Waals surface area contributed by atoms with Gasteiger partial charge in [0.1, 0.15) is 6.07 Å². The van der Waals surface area contributed by atoms with Crippen LogP contribution in [0.3, 0.4) is 0 Å². The predicted octanol–water partition coefficient (Wildman–Crippen LogP) is 2.00. The van der Waals surface area contributed by atoms with Crippen molar-refractivity contribution < 1.29 is 9.53 Å². The van der Waals surface area contributed by atoms with Crippen LogP contribution in [0.15, 0.2) is 24.3 Å². The lowest BCUT2D eigenvalue weighted by Gasteiger charge is -2.28. The van der Waals surface area contributed by atoms with E-state index in [0.29, 0.717) is 23.9 Å². The predicted molar refractivity (Wildman–Crippen MR) is 80.9 cm³/mol. The van der Waals surface area contributed by atoms with Crippen LogP contribution in [0.1, 0.15) is 25.3 Å². The molecule has 1 amide bonds. The van der Waals surface area contributed by atoms with Gasteiger partial charge in [-0.2, -0.15) is 5.26 Å². The van der Waals surface area contributed by atoms with E-state index in [1.807, 2.05) is 13.0 Å². The highest BCUT2D eigenvalue weighted by Gasteiger charge is 2.34. The van der Waals surface area contributed by atoms with Crippen LogP contribution in [0.2, 0.25) is 0 Å². The van der Waals surface area contributed by atoms with Crippen molar-refractivity contribution in [2.24, 2.45) is 0 Å². The number of methoxy groups -OCH3 is 1. The van der Waals surface area contributed by atoms with Crippen LogP contribution in [0.5, 0.6) is 0 Å². The molecular formula is C16H21N3O2. The van der Waals surface area contributed by atoms with Crippen LogP contribution in [0.4, 0.5) is 5.69 Å². The molecule has 5 nitrogen and oxygen atoms in total. The number of rotatable bonds is 7. The molecule has 1 aliphatic rings. The minimum absolute atomic E-state index is 0.0827. The second-order valence-corrected chi connectivity index (χ2v) is 5.28. The molecule has 0 heterocycles. The molecule has 1 aliphatic carbocycles. The van der Waals surface area contributed by atoms with E-state index in [-0.39, 0.29) is 11.9 Å². The first-order valence-electron chi connectivity index (χ1n) is 7.22. The molecule has 0 aromatic heterocycles. The van der Waals surface area contributed by atoms with Crippen molar-refractivity contribution in [3.05, 3.63) is 29.8 Å². The van der Waals surface area contributed by atoms with Gasteiger partial charge in [-0.3, -0.25) is 9.69 Å². The van der Waals surface area contributed by atoms with Gasteiger partial charge in [0.2, 0.25) is 5.91 Å². The molecule has 112 valence electrons. The van der Waals surface area contributed by atoms with Gasteiger partial charge in [-0.05, 0) is 31.9 Å². The van der Waals surface area contributed by atoms with E-state index in [0.717, 1.165) is 19.4 Å². The number of carbonyl (C=O) groups excluding carboxylic acids is 1. The second kappa shape index (κ2) is 7.21. The SMILES string of the molecule is COCCN(C1CC1)C(C)C(=O)Nc1ccccc1C#N. The smallest absolute Gasteiger partial charge is 0.241 e. The van der Waals surface area contributed by atoms with Crippen LogP contribution >= 0.6 is 0 Å². The Morgan fingerprint density at radius 2 is 2.24 bits per heavy atom. The Balaban J connectivity index is 2.02. The number of anilines is 1. The highest BCUT2D eigenvalue weighted by molar-refractivity contribution is 5.95. The van der Waals surface area contributed by atoms with Gasteiger partial charge < -0.3 is 10.1 Å². The Labute approximate surface area is 125 Å². The van der Waals surface area contributed by atoms with Crippen molar-refractivity contribution in [3.8, 4) is 6.07 Å². The van der Waals surface area contributed by atoms with Crippen LogP contribution in [-0.2, 0) is 9.53 Å². The number of hydrogen-bond acceptors (Lipinski definition) is 4. The summed E-state index contributed by atoms with van der Waals surface area (Å²) in [4.78, 5) is 14.6. The number of ether oxygens (including phenoxy) is 1. The van der Waals surface area contributed by atoms with Crippen molar-refractivity contribution in [2.75, 3.05) is 25.6 Å². The third-order valence-corrected chi connectivity index (χ3v) is 3.75. The van der Waals surface area contributed by atoms with Gasteiger partial charge in [0.25, 0.3) is 0 Å². The monoisotopic (exact) mass is 287 g/mol. The Morgan fingerprint density at radius 3 is 2.86 bits per heavy atom. The highest BCUT2D eigenvalue weighted by atomic mass is 16.5. The van der Waals surface area contributed by atoms with Crippen molar-refractivity contribution in [3.63, 3.8) is 0 Å². The summed E-state index contributed by atoms with van der Waals surface area (Å²) in [5.74, 6) is -0.0827. The molecule has 1 aromatic carbocycles. The quantitative estimate of drug-likeness (QED) is 0.833. The molecular weight excluding hydrogens is 266 g/mol. The third-order valence-electron chi connectivity index (χ3n) is 3.75. The maximum atomic E-state index is 12.4. The molecule has 1 N–H and O–H groups in total. The first-order valence-corrected chi connectivity index (χ1v) is 7.22. The number of benzene rings is 1. The van der Waals surface area contributed by atoms with Crippen LogP contribution in [-0.4, -0.2) is 43.2 Å². The van der Waals surface area contributed by atoms with E-state index in [2.05, 4.69) is 16.3 Å². The van der Waals surface area contributed by atoms with Gasteiger partial charge in [-0.25, -0.2) is 0 Å². The molecule has 0 aliphatic heterocycles. The maximum Gasteiger partial charge on any atom is 0.241 e. The topological polar surface area (TPSA) is 65.4 Å². The summed E-state index contributed by atoms with van der Waals surface area (Å²) in [7, 11) is 1.67. The lowest BCUT2D eigenvalue weighted by molar-refractivity contribution is -0.121. The number of carbonyl (C=O) groups is 1. The molecule has 0 bridgehead atoms. The summed E-state index contributed by atoms with van der Waals surface area (Å²) in [5, 5.41) is 11.9. The average Bonchev–Trinajstić information content (AvgIpc) is 3.32. The number of nitriles is 1. The first-order chi connectivity index (χ1) is 10.2. The van der Waals surface area contributed by atoms with Crippen LogP contribution in [0.25, 0.3) is 0 Å². The van der Waals surface area contributed by atoms with Crippen LogP contribution in [0, 0.1) is 11.3 Å². The van der Waals surface area contributed by atoms with E-state index >= 15 is 0 Å². The number of nitrogens with one attached hydrogen (secondary N) is 1. The zero-order valence-corrected chi connectivity index (χ0v) is 12.5. The van der Waals surface area contributed by atoms with E-state index in [1.165, 1.54) is 0 Å². The van der Waals surface area contributed by atoms with Gasteiger partial charge in [-0.15, -0.1) is 0 Å². The standard InChI is InChI=1S/C16H21N3O2/c1-12(19(9-10-21-2)14-7-8-14)16(20)18-15-6-4-3-5-13(15)11-17/h3-6,12,14H,7-10H2,1-2H3,(H,18,20). The summed E-state index contributed by atoms with van der Waals surface area (Å²) in [5.41, 5.74) is 1.05. The molecule has 0 radical (unpaired) electrons. The van der Waals surface area contributed by atoms with Gasteiger partial charge >= 0.3 is 0 Å². The molecule has 21 heavy (non-hydrogen) atoms. The number of nitrogens with zero attached hydrogens (tertiary/aromatic N) is 2. The van der Waals surface area contributed by atoms with E-state index in [4.69, 9.17) is 10.00 Å². The van der Waals surface area contributed by atoms with E-state index in [9.17, 15) is 4.79 Å². The molecule has 1 unspecified atom stereocenters. The fourth-order valence-corrected chi connectivity index (χ4v) is 2.37. The number of hydrogen-bond donors (Lipinski definition) is 1. The van der Waals surface area contributed by atoms with Crippen LogP contribution < -0.4 is 5.32 Å². The normalized spacial score (nSPS) is 15.5. The van der Waals surface area contributed by atoms with Gasteiger partial charge in [-0.1, -0.05) is 12.1 Å². The van der Waals surface area contributed by atoms with Crippen molar-refractivity contribution >= 4 is 11.6 Å². The molecule has 1 atom stereocenters. The average molecular weight is 287 g/mol. The summed E-state index contributed by atoms with van der Waals surface area (Å²) < 4.78 is 5.12. The minimum Gasteiger partial charge on any atom is -0.383 e. The second-order valence-electron chi connectivity index (χ2n) is 5.28. The minimum atomic E-state index is -0.237. The largest absolute Gasteiger partial charge is 0.383 e. The fraction of sp³-hybridized carbons (Fsp3) is 0.500. The Kier molecular flexibility index (Phi) is 5.32. The summed E-state index contributed by atoms with van der Waals surface area (Å²) in [6.07, 6.45) is 2.27. The highest BCUT2D eigenvalue weighted by Crippen LogP contribution is 2.28. The maximum absolute atomic E-state index is 12.4. The fourth-order valence-electron chi connectivity index (χ4n) is 2.37. The van der Waals surface area contributed by atoms with Gasteiger partial charge in [0.15, 0.2) is 0 Å². The Bertz CT molecular complexity index is 535. The molecule has 0 spiro atoms. The lowest BCUT2D eigenvalue weighted by Crippen LogP contribution is -2.45. The summed E-state index contributed by atoms with van der Waals surface area (Å²) in [6, 6.07) is 9.38. The molecule has 1 aromatic rings.